The molecule has 16 nitrogen and oxygen atoms in total. The predicted octanol–water partition coefficient (Wildman–Crippen LogP) is -6.42. The number of aromatic nitrogens is 1. The minimum atomic E-state index is -5.56. The summed E-state index contributed by atoms with van der Waals surface area (Å²) in [4.78, 5) is 51.8. The Labute approximate surface area is 398 Å². The smallest absolute Gasteiger partial charge is 0.744 e. The van der Waals surface area contributed by atoms with Gasteiger partial charge in [0.05, 0.1) is 42.9 Å². The number of hydrogen-bond donors (Lipinski definition) is 2. The number of anilines is 2. The average molecular weight is 877 g/mol. The minimum absolute atomic E-state index is 0. The number of ketones is 1. The molecule has 0 atom stereocenters. The number of pyridine rings is 1. The van der Waals surface area contributed by atoms with Gasteiger partial charge in [-0.2, -0.15) is 0 Å². The van der Waals surface area contributed by atoms with Gasteiger partial charge in [-0.3, -0.25) is 9.59 Å². The van der Waals surface area contributed by atoms with Gasteiger partial charge >= 0.3 is 94.6 Å². The van der Waals surface area contributed by atoms with E-state index in [4.69, 9.17) is 4.74 Å². The molecule has 6 rings (SSSR count). The Kier molecular flexibility index (Phi) is 16.2. The van der Waals surface area contributed by atoms with Crippen molar-refractivity contribution in [3.8, 4) is 11.1 Å². The fourth-order valence-electron chi connectivity index (χ4n) is 6.42. The number of ether oxygens (including phenoxy) is 1. The Morgan fingerprint density at radius 1 is 0.793 bits per heavy atom. The summed E-state index contributed by atoms with van der Waals surface area (Å²) >= 11 is 0. The number of carbonyl (C=O) groups is 3. The van der Waals surface area contributed by atoms with E-state index in [0.717, 1.165) is 11.6 Å². The van der Waals surface area contributed by atoms with Gasteiger partial charge < -0.3 is 34.0 Å². The molecule has 4 aromatic carbocycles. The van der Waals surface area contributed by atoms with Crippen LogP contribution in [0.5, 0.6) is 0 Å². The normalized spacial score (nSPS) is 12.0. The van der Waals surface area contributed by atoms with E-state index in [2.05, 4.69) is 10.3 Å². The van der Waals surface area contributed by atoms with Gasteiger partial charge in [0, 0.05) is 22.5 Å². The summed E-state index contributed by atoms with van der Waals surface area (Å²) in [5.41, 5.74) is -3.27. The van der Waals surface area contributed by atoms with Crippen LogP contribution in [-0.2, 0) is 46.2 Å². The quantitative estimate of drug-likeness (QED) is 0.0657. The first-order chi connectivity index (χ1) is 25.7. The molecular weight excluding hydrogens is 850 g/mol. The maximum Gasteiger partial charge on any atom is 1.00 e. The van der Waals surface area contributed by atoms with E-state index in [0.29, 0.717) is 17.7 Å². The molecule has 0 bridgehead atoms. The Balaban J connectivity index is 0.00000300. The number of aliphatic carboxylic acids is 1. The third-order valence-corrected chi connectivity index (χ3v) is 12.3. The molecule has 22 heteroatoms. The van der Waals surface area contributed by atoms with Crippen LogP contribution in [0.3, 0.4) is 0 Å². The summed E-state index contributed by atoms with van der Waals surface area (Å²) in [6.45, 7) is 2.71. The molecule has 0 saturated carbocycles. The van der Waals surface area contributed by atoms with Crippen molar-refractivity contribution in [2.24, 2.45) is 0 Å². The molecule has 5 aromatic rings. The van der Waals surface area contributed by atoms with Gasteiger partial charge in [0.2, 0.25) is 0 Å². The number of sulfone groups is 1. The van der Waals surface area contributed by atoms with Gasteiger partial charge in [-0.1, -0.05) is 54.1 Å². The monoisotopic (exact) mass is 876 g/mol. The number of aryl methyl sites for hydroxylation is 2. The molecule has 0 saturated heterocycles. The zero-order chi connectivity index (χ0) is 40.2. The number of fused-ring (bicyclic) bond motifs is 2. The van der Waals surface area contributed by atoms with E-state index in [1.54, 1.807) is 18.2 Å². The van der Waals surface area contributed by atoms with Gasteiger partial charge in [0.25, 0.3) is 5.56 Å². The van der Waals surface area contributed by atoms with E-state index < -0.39 is 120 Å². The summed E-state index contributed by atoms with van der Waals surface area (Å²) in [7, 11) is -15.5. The molecule has 58 heavy (non-hydrogen) atoms. The van der Waals surface area contributed by atoms with Crippen LogP contribution in [0.4, 0.5) is 11.4 Å². The summed E-state index contributed by atoms with van der Waals surface area (Å²) in [6.07, 6.45) is -1.03. The van der Waals surface area contributed by atoms with Crippen molar-refractivity contribution in [1.82, 2.24) is 4.98 Å². The number of hydrogen-bond acceptors (Lipinski definition) is 15. The maximum atomic E-state index is 14.3. The van der Waals surface area contributed by atoms with Gasteiger partial charge in [-0.05, 0) is 61.6 Å². The first kappa shape index (κ1) is 49.6. The molecule has 0 spiro atoms. The van der Waals surface area contributed by atoms with Crippen molar-refractivity contribution in [3.63, 3.8) is 0 Å². The van der Waals surface area contributed by atoms with Gasteiger partial charge in [-0.25, -0.2) is 30.0 Å². The van der Waals surface area contributed by atoms with E-state index in [1.807, 2.05) is 13.0 Å². The van der Waals surface area contributed by atoms with Crippen LogP contribution < -0.4 is 105 Å². The number of carboxylic acid groups (broad SMARTS) is 1. The molecule has 0 radical (unpaired) electrons. The molecular formula is C36H27N2Na3O14S3. The van der Waals surface area contributed by atoms with Crippen molar-refractivity contribution in [1.29, 1.82) is 0 Å². The average Bonchev–Trinajstić information content (AvgIpc) is 3.08. The maximum absolute atomic E-state index is 14.3. The van der Waals surface area contributed by atoms with Crippen molar-refractivity contribution < 1.29 is 147 Å². The molecule has 0 fully saturated rings. The van der Waals surface area contributed by atoms with Crippen LogP contribution >= 0.6 is 0 Å². The Bertz CT molecular complexity index is 2920. The van der Waals surface area contributed by atoms with Crippen LogP contribution in [-0.4, -0.2) is 62.8 Å². The first-order valence-corrected chi connectivity index (χ1v) is 20.6. The Hall–Kier alpha value is -2.73. The van der Waals surface area contributed by atoms with Crippen molar-refractivity contribution in [2.75, 3.05) is 11.1 Å². The zero-order valence-corrected chi connectivity index (χ0v) is 40.1. The predicted molar refractivity (Wildman–Crippen MR) is 190 cm³/mol. The summed E-state index contributed by atoms with van der Waals surface area (Å²) < 4.78 is 108. The number of H-pyrrole nitrogens is 1. The minimum Gasteiger partial charge on any atom is -0.744 e. The van der Waals surface area contributed by atoms with Crippen molar-refractivity contribution in [2.45, 2.75) is 48.0 Å². The number of benzene rings is 4. The zero-order valence-electron chi connectivity index (χ0n) is 31.6. The van der Waals surface area contributed by atoms with Crippen LogP contribution in [0, 0.1) is 13.8 Å². The summed E-state index contributed by atoms with van der Waals surface area (Å²) in [5, 5.41) is 13.0. The topological polar surface area (TPSA) is 277 Å². The van der Waals surface area contributed by atoms with E-state index >= 15 is 0 Å². The number of esters is 1. The second kappa shape index (κ2) is 18.9. The fourth-order valence-corrected chi connectivity index (χ4v) is 9.31. The van der Waals surface area contributed by atoms with Crippen LogP contribution in [0.15, 0.2) is 86.2 Å². The molecule has 2 N–H and O–H groups in total. The molecule has 1 aliphatic carbocycles. The van der Waals surface area contributed by atoms with E-state index in [1.165, 1.54) is 31.2 Å². The number of rotatable bonds is 12. The number of carbonyl (C=O) groups excluding carboxylic acids is 3. The molecule has 0 unspecified atom stereocenters. The van der Waals surface area contributed by atoms with Gasteiger partial charge in [0.15, 0.2) is 15.6 Å². The molecule has 286 valence electrons. The molecule has 0 aliphatic heterocycles. The number of aromatic amines is 1. The van der Waals surface area contributed by atoms with Crippen LogP contribution in [0.2, 0.25) is 0 Å². The third-order valence-electron chi connectivity index (χ3n) is 8.81. The molecule has 1 aromatic heterocycles. The SMILES string of the molecule is Cc1cccc(COC(=O)c2c3c4c(c(Nc5c(C)cc(S(=O)(=O)CCCC(=O)[O-])cc5S(=O)(=O)[O-])cc(S(=O)(=O)[O-])c4[nH]c2=O)C(=O)c2ccccc2-3)c1.[Na+].[Na+].[Na+]. The number of carboxylic acids is 1. The second-order valence-electron chi connectivity index (χ2n) is 12.6. The van der Waals surface area contributed by atoms with E-state index in [9.17, 15) is 58.6 Å². The second-order valence-corrected chi connectivity index (χ2v) is 17.4. The van der Waals surface area contributed by atoms with Crippen LogP contribution in [0.1, 0.15) is 55.8 Å². The summed E-state index contributed by atoms with van der Waals surface area (Å²) in [6, 6.07) is 14.7. The standard InChI is InChI=1S/C36H30N2O14S3.3Na/c1-18-7-5-8-20(13-18)17-52-36(43)31-28-22-9-3-4-10-23(22)34(41)29-24(16-26(55(49,50)51)33(30(28)29)38-35(31)42)37-32-19(2)14-21(15-25(32)54(46,47)48)53(44,45)12-6-11-27(39)40;;;/h3-5,7-10,13-16,37H,6,11-12,17H2,1-2H3,(H,38,42)(H,39,40)(H,46,47,48)(H,49,50,51);;;/q;3*+1/p-3. The Morgan fingerprint density at radius 3 is 2.03 bits per heavy atom. The van der Waals surface area contributed by atoms with E-state index in [-0.39, 0.29) is 118 Å². The molecule has 0 amide bonds. The van der Waals surface area contributed by atoms with Crippen molar-refractivity contribution in [3.05, 3.63) is 110 Å². The van der Waals surface area contributed by atoms with Crippen LogP contribution in [0.25, 0.3) is 22.0 Å². The largest absolute Gasteiger partial charge is 1.00 e. The molecule has 1 heterocycles. The molecule has 1 aliphatic rings. The number of nitrogens with one attached hydrogen (secondary N) is 2. The fraction of sp³-hybridized carbons (Fsp3) is 0.167. The van der Waals surface area contributed by atoms with Crippen molar-refractivity contribution >= 4 is 70.1 Å². The third kappa shape index (κ3) is 10.1. The van der Waals surface area contributed by atoms with Gasteiger partial charge in [-0.15, -0.1) is 0 Å². The summed E-state index contributed by atoms with van der Waals surface area (Å²) in [5.74, 6) is -4.29. The first-order valence-electron chi connectivity index (χ1n) is 16.1. The Morgan fingerprint density at radius 2 is 1.43 bits per heavy atom. The van der Waals surface area contributed by atoms with Gasteiger partial charge in [0.1, 0.15) is 32.4 Å².